The summed E-state index contributed by atoms with van der Waals surface area (Å²) in [6.07, 6.45) is 2.90. The van der Waals surface area contributed by atoms with Crippen LogP contribution in [0.4, 0.5) is 4.79 Å². The van der Waals surface area contributed by atoms with Gasteiger partial charge in [-0.3, -0.25) is 4.90 Å². The minimum absolute atomic E-state index is 0.00593. The molecule has 0 radical (unpaired) electrons. The predicted octanol–water partition coefficient (Wildman–Crippen LogP) is 1.83. The molecule has 2 aliphatic rings. The normalized spacial score (nSPS) is 27.3. The van der Waals surface area contributed by atoms with E-state index in [1.54, 1.807) is 16.7 Å². The third kappa shape index (κ3) is 2.43. The average molecular weight is 272 g/mol. The fourth-order valence-corrected chi connectivity index (χ4v) is 3.75. The number of carbonyl (C=O) groups excluding carboxylic acids is 1. The Kier molecular flexibility index (Phi) is 4.04. The van der Waals surface area contributed by atoms with Gasteiger partial charge in [0.1, 0.15) is 6.04 Å². The van der Waals surface area contributed by atoms with E-state index >= 15 is 0 Å². The van der Waals surface area contributed by atoms with Crippen molar-refractivity contribution in [1.29, 1.82) is 0 Å². The van der Waals surface area contributed by atoms with Crippen molar-refractivity contribution >= 4 is 23.8 Å². The van der Waals surface area contributed by atoms with E-state index in [-0.39, 0.29) is 11.4 Å². The summed E-state index contributed by atoms with van der Waals surface area (Å²) in [5, 5.41) is 9.23. The molecule has 1 saturated heterocycles. The number of carboxylic acid groups (broad SMARTS) is 1. The van der Waals surface area contributed by atoms with Crippen LogP contribution < -0.4 is 0 Å². The third-order valence-electron chi connectivity index (χ3n) is 3.52. The number of carboxylic acids is 1. The van der Waals surface area contributed by atoms with E-state index in [0.717, 1.165) is 19.3 Å². The fraction of sp³-hybridized carbons (Fsp3) is 0.833. The summed E-state index contributed by atoms with van der Waals surface area (Å²) in [6.45, 7) is 4.61. The SMILES string of the molecule is CCC1SCC(C(=O)O)N1C(=O)N(CC)C1CC1. The van der Waals surface area contributed by atoms with Crippen LogP contribution in [0.1, 0.15) is 33.1 Å². The van der Waals surface area contributed by atoms with Gasteiger partial charge in [-0.05, 0) is 26.2 Å². The third-order valence-corrected chi connectivity index (χ3v) is 4.98. The standard InChI is InChI=1S/C12H20N2O3S/c1-3-10-14(9(7-18-10)11(15)16)12(17)13(4-2)8-5-6-8/h8-10H,3-7H2,1-2H3,(H,15,16). The topological polar surface area (TPSA) is 60.9 Å². The van der Waals surface area contributed by atoms with Gasteiger partial charge in [0.25, 0.3) is 0 Å². The van der Waals surface area contributed by atoms with Crippen molar-refractivity contribution in [2.24, 2.45) is 0 Å². The van der Waals surface area contributed by atoms with Crippen LogP contribution in [-0.2, 0) is 4.79 Å². The maximum absolute atomic E-state index is 12.5. The summed E-state index contributed by atoms with van der Waals surface area (Å²) in [7, 11) is 0. The molecule has 1 N–H and O–H groups in total. The Morgan fingerprint density at radius 2 is 2.06 bits per heavy atom. The van der Waals surface area contributed by atoms with Crippen molar-refractivity contribution in [3.63, 3.8) is 0 Å². The molecular formula is C12H20N2O3S. The van der Waals surface area contributed by atoms with Gasteiger partial charge in [0.05, 0.1) is 5.37 Å². The van der Waals surface area contributed by atoms with Crippen molar-refractivity contribution in [1.82, 2.24) is 9.80 Å². The first-order valence-corrected chi connectivity index (χ1v) is 7.58. The monoisotopic (exact) mass is 272 g/mol. The highest BCUT2D eigenvalue weighted by molar-refractivity contribution is 8.00. The molecule has 2 fully saturated rings. The van der Waals surface area contributed by atoms with Gasteiger partial charge in [0.2, 0.25) is 0 Å². The second kappa shape index (κ2) is 5.38. The molecule has 1 aliphatic heterocycles. The number of rotatable bonds is 4. The molecule has 102 valence electrons. The van der Waals surface area contributed by atoms with Crippen molar-refractivity contribution in [2.45, 2.75) is 50.6 Å². The Labute approximate surface area is 112 Å². The van der Waals surface area contributed by atoms with E-state index in [1.807, 2.05) is 18.7 Å². The minimum Gasteiger partial charge on any atom is -0.480 e. The molecule has 2 atom stereocenters. The van der Waals surface area contributed by atoms with Gasteiger partial charge < -0.3 is 10.0 Å². The quantitative estimate of drug-likeness (QED) is 0.848. The highest BCUT2D eigenvalue weighted by Gasteiger charge is 2.44. The van der Waals surface area contributed by atoms with Crippen molar-refractivity contribution in [2.75, 3.05) is 12.3 Å². The van der Waals surface area contributed by atoms with Crippen LogP contribution >= 0.6 is 11.8 Å². The molecule has 2 unspecified atom stereocenters. The van der Waals surface area contributed by atoms with Crippen molar-refractivity contribution in [3.8, 4) is 0 Å². The molecule has 1 aliphatic carbocycles. The highest BCUT2D eigenvalue weighted by atomic mass is 32.2. The highest BCUT2D eigenvalue weighted by Crippen LogP contribution is 2.35. The maximum Gasteiger partial charge on any atom is 0.327 e. The molecule has 0 aromatic heterocycles. The zero-order chi connectivity index (χ0) is 13.3. The molecule has 0 aromatic carbocycles. The minimum atomic E-state index is -0.890. The molecule has 1 heterocycles. The average Bonchev–Trinajstić information content (AvgIpc) is 3.07. The zero-order valence-corrected chi connectivity index (χ0v) is 11.7. The molecule has 18 heavy (non-hydrogen) atoms. The van der Waals surface area contributed by atoms with E-state index in [2.05, 4.69) is 0 Å². The van der Waals surface area contributed by atoms with Crippen LogP contribution in [-0.4, -0.2) is 56.7 Å². The fourth-order valence-electron chi connectivity index (χ4n) is 2.41. The lowest BCUT2D eigenvalue weighted by Gasteiger charge is -2.32. The molecule has 1 saturated carbocycles. The molecule has 0 spiro atoms. The van der Waals surface area contributed by atoms with Crippen LogP contribution in [0.3, 0.4) is 0 Å². The molecule has 6 heteroatoms. The molecule has 5 nitrogen and oxygen atoms in total. The Bertz CT molecular complexity index is 346. The number of nitrogens with zero attached hydrogens (tertiary/aromatic N) is 2. The first kappa shape index (κ1) is 13.5. The Hall–Kier alpha value is -0.910. The van der Waals surface area contributed by atoms with Gasteiger partial charge in [-0.1, -0.05) is 6.92 Å². The van der Waals surface area contributed by atoms with Gasteiger partial charge in [-0.15, -0.1) is 11.8 Å². The van der Waals surface area contributed by atoms with E-state index in [0.29, 0.717) is 18.3 Å². The van der Waals surface area contributed by atoms with Gasteiger partial charge >= 0.3 is 12.0 Å². The van der Waals surface area contributed by atoms with Crippen LogP contribution in [0.15, 0.2) is 0 Å². The number of thioether (sulfide) groups is 1. The van der Waals surface area contributed by atoms with Crippen LogP contribution in [0.2, 0.25) is 0 Å². The maximum atomic E-state index is 12.5. The smallest absolute Gasteiger partial charge is 0.327 e. The number of aliphatic carboxylic acids is 1. The lowest BCUT2D eigenvalue weighted by molar-refractivity contribution is -0.141. The largest absolute Gasteiger partial charge is 0.480 e. The summed E-state index contributed by atoms with van der Waals surface area (Å²) < 4.78 is 0. The van der Waals surface area contributed by atoms with Gasteiger partial charge in [0, 0.05) is 18.3 Å². The number of hydrogen-bond acceptors (Lipinski definition) is 3. The number of urea groups is 1. The van der Waals surface area contributed by atoms with Crippen LogP contribution in [0.5, 0.6) is 0 Å². The van der Waals surface area contributed by atoms with E-state index in [1.165, 1.54) is 0 Å². The Morgan fingerprint density at radius 1 is 1.39 bits per heavy atom. The summed E-state index contributed by atoms with van der Waals surface area (Å²) in [5.41, 5.74) is 0. The lowest BCUT2D eigenvalue weighted by Crippen LogP contribution is -2.52. The lowest BCUT2D eigenvalue weighted by atomic mass is 10.2. The summed E-state index contributed by atoms with van der Waals surface area (Å²) >= 11 is 1.57. The molecule has 0 aromatic rings. The molecular weight excluding hydrogens is 252 g/mol. The Morgan fingerprint density at radius 3 is 2.50 bits per heavy atom. The second-order valence-corrected chi connectivity index (χ2v) is 5.97. The van der Waals surface area contributed by atoms with E-state index in [4.69, 9.17) is 0 Å². The first-order valence-electron chi connectivity index (χ1n) is 6.53. The van der Waals surface area contributed by atoms with E-state index in [9.17, 15) is 14.7 Å². The summed E-state index contributed by atoms with van der Waals surface area (Å²) in [4.78, 5) is 27.2. The van der Waals surface area contributed by atoms with Gasteiger partial charge in [-0.2, -0.15) is 0 Å². The summed E-state index contributed by atoms with van der Waals surface area (Å²) in [5.74, 6) is -0.388. The van der Waals surface area contributed by atoms with Crippen LogP contribution in [0.25, 0.3) is 0 Å². The first-order chi connectivity index (χ1) is 8.60. The molecule has 2 amide bonds. The zero-order valence-electron chi connectivity index (χ0n) is 10.8. The predicted molar refractivity (Wildman–Crippen MR) is 70.6 cm³/mol. The van der Waals surface area contributed by atoms with Crippen molar-refractivity contribution < 1.29 is 14.7 Å². The number of amides is 2. The Balaban J connectivity index is 2.15. The number of hydrogen-bond donors (Lipinski definition) is 1. The van der Waals surface area contributed by atoms with E-state index < -0.39 is 12.0 Å². The summed E-state index contributed by atoms with van der Waals surface area (Å²) in [6, 6.07) is -0.426. The van der Waals surface area contributed by atoms with Crippen LogP contribution in [0, 0.1) is 0 Å². The second-order valence-electron chi connectivity index (χ2n) is 4.76. The van der Waals surface area contributed by atoms with Crippen molar-refractivity contribution in [3.05, 3.63) is 0 Å². The van der Waals surface area contributed by atoms with Gasteiger partial charge in [0.15, 0.2) is 0 Å². The number of carbonyl (C=O) groups is 2. The molecule has 0 bridgehead atoms. The molecule has 2 rings (SSSR count). The van der Waals surface area contributed by atoms with Gasteiger partial charge in [-0.25, -0.2) is 9.59 Å².